The highest BCUT2D eigenvalue weighted by Gasteiger charge is 2.36. The van der Waals surface area contributed by atoms with Crippen molar-refractivity contribution in [2.45, 2.75) is 125 Å². The third-order valence-electron chi connectivity index (χ3n) is 7.64. The molecule has 2 atom stereocenters. The molecule has 244 valence electrons. The van der Waals surface area contributed by atoms with Crippen LogP contribution >= 0.6 is 0 Å². The molecule has 1 rings (SSSR count). The van der Waals surface area contributed by atoms with Crippen LogP contribution in [0.15, 0.2) is 46.7 Å². The second-order valence-electron chi connectivity index (χ2n) is 11.6. The van der Waals surface area contributed by atoms with Gasteiger partial charge in [0.2, 0.25) is 5.91 Å². The number of aryl methyl sites for hydroxylation is 1. The number of amidine groups is 1. The summed E-state index contributed by atoms with van der Waals surface area (Å²) in [6, 6.07) is 6.22. The van der Waals surface area contributed by atoms with Gasteiger partial charge in [0.25, 0.3) is 0 Å². The minimum absolute atomic E-state index is 0.0287. The normalized spacial score (nSPS) is 14.4. The van der Waals surface area contributed by atoms with Gasteiger partial charge in [0, 0.05) is 43.6 Å². The first kappa shape index (κ1) is 38.3. The van der Waals surface area contributed by atoms with Gasteiger partial charge in [-0.1, -0.05) is 85.9 Å². The first-order valence-corrected chi connectivity index (χ1v) is 16.3. The van der Waals surface area contributed by atoms with Crippen molar-refractivity contribution in [1.29, 1.82) is 0 Å². The smallest absolute Gasteiger partial charge is 0.384 e. The maximum Gasteiger partial charge on any atom is 0.419 e. The molecular formula is C35H57F3N4O. The van der Waals surface area contributed by atoms with Crippen molar-refractivity contribution in [2.24, 2.45) is 10.9 Å². The van der Waals surface area contributed by atoms with Gasteiger partial charge >= 0.3 is 6.18 Å². The number of rotatable bonds is 19. The molecule has 0 saturated carbocycles. The number of hydrogen-bond acceptors (Lipinski definition) is 3. The lowest BCUT2D eigenvalue weighted by atomic mass is 9.95. The van der Waals surface area contributed by atoms with Crippen LogP contribution in [0.3, 0.4) is 0 Å². The van der Waals surface area contributed by atoms with Crippen LogP contribution in [0.1, 0.15) is 124 Å². The Morgan fingerprint density at radius 1 is 1.05 bits per heavy atom. The molecule has 0 fully saturated rings. The molecule has 0 bridgehead atoms. The largest absolute Gasteiger partial charge is 0.419 e. The zero-order valence-electron chi connectivity index (χ0n) is 28.0. The zero-order chi connectivity index (χ0) is 32.4. The molecule has 1 amide bonds. The molecule has 43 heavy (non-hydrogen) atoms. The van der Waals surface area contributed by atoms with Crippen LogP contribution < -0.4 is 10.6 Å². The number of carbonyl (C=O) groups excluding carboxylic acids is 1. The summed E-state index contributed by atoms with van der Waals surface area (Å²) in [5, 5.41) is 6.27. The van der Waals surface area contributed by atoms with Gasteiger partial charge < -0.3 is 15.5 Å². The molecule has 1 aromatic rings. The Balaban J connectivity index is 3.14. The van der Waals surface area contributed by atoms with E-state index < -0.39 is 11.7 Å². The maximum absolute atomic E-state index is 14.3. The highest BCUT2D eigenvalue weighted by Crippen LogP contribution is 2.31. The number of nitrogens with zero attached hydrogens (tertiary/aromatic N) is 2. The molecule has 1 aromatic carbocycles. The first-order valence-electron chi connectivity index (χ1n) is 16.3. The van der Waals surface area contributed by atoms with Crippen molar-refractivity contribution in [3.05, 3.63) is 52.9 Å². The van der Waals surface area contributed by atoms with Gasteiger partial charge in [-0.2, -0.15) is 13.2 Å². The number of halogens is 3. The van der Waals surface area contributed by atoms with Crippen LogP contribution in [0.5, 0.6) is 0 Å². The number of amides is 1. The molecule has 0 spiro atoms. The summed E-state index contributed by atoms with van der Waals surface area (Å²) in [6.45, 7) is 17.6. The Hall–Kier alpha value is -2.77. The third kappa shape index (κ3) is 14.0. The minimum atomic E-state index is -4.59. The highest BCUT2D eigenvalue weighted by atomic mass is 19.4. The summed E-state index contributed by atoms with van der Waals surface area (Å²) in [5.41, 5.74) is 2.43. The predicted molar refractivity (Wildman–Crippen MR) is 177 cm³/mol. The molecule has 2 unspecified atom stereocenters. The molecule has 0 saturated heterocycles. The van der Waals surface area contributed by atoms with E-state index in [0.717, 1.165) is 62.4 Å². The molecule has 5 nitrogen and oxygen atoms in total. The lowest BCUT2D eigenvalue weighted by Gasteiger charge is -2.27. The Kier molecular flexibility index (Phi) is 18.0. The number of hydrogen-bond donors (Lipinski definition) is 2. The summed E-state index contributed by atoms with van der Waals surface area (Å²) in [4.78, 5) is 18.8. The van der Waals surface area contributed by atoms with Crippen molar-refractivity contribution in [3.8, 4) is 0 Å². The van der Waals surface area contributed by atoms with E-state index in [4.69, 9.17) is 0 Å². The average Bonchev–Trinajstić information content (AvgIpc) is 2.97. The summed E-state index contributed by atoms with van der Waals surface area (Å²) < 4.78 is 43.0. The fourth-order valence-corrected chi connectivity index (χ4v) is 4.82. The quantitative estimate of drug-likeness (QED) is 0.0713. The minimum Gasteiger partial charge on any atom is -0.384 e. The monoisotopic (exact) mass is 606 g/mol. The van der Waals surface area contributed by atoms with Crippen LogP contribution in [0.2, 0.25) is 0 Å². The van der Waals surface area contributed by atoms with Gasteiger partial charge in [0.15, 0.2) is 0 Å². The molecular weight excluding hydrogens is 549 g/mol. The topological polar surface area (TPSA) is 56.7 Å². The molecule has 0 heterocycles. The Morgan fingerprint density at radius 2 is 1.77 bits per heavy atom. The van der Waals surface area contributed by atoms with E-state index in [-0.39, 0.29) is 17.5 Å². The molecule has 0 aliphatic carbocycles. The van der Waals surface area contributed by atoms with E-state index >= 15 is 0 Å². The average molecular weight is 607 g/mol. The zero-order valence-corrected chi connectivity index (χ0v) is 28.0. The Labute approximate surface area is 259 Å². The lowest BCUT2D eigenvalue weighted by molar-refractivity contribution is -0.132. The van der Waals surface area contributed by atoms with Crippen LogP contribution in [-0.2, 0) is 11.2 Å². The standard InChI is InChI=1S/C35H57F3N4O/c1-9-14-16-18-34(43)42(21-11-3)25-26(6)23-40-33(17-15-10-2)31(35(36,37)38)24-39-28(8)41-32-20-19-30(27(7)12-4)22-29(32)13-5/h17,19-20,22,24,26-27,40H,9-16,18,21,23,25H2,1-8H3,(H,39,41)/b31-24+,33-17-. The van der Waals surface area contributed by atoms with Crippen molar-refractivity contribution in [2.75, 3.05) is 25.0 Å². The van der Waals surface area contributed by atoms with Gasteiger partial charge in [-0.15, -0.1) is 0 Å². The van der Waals surface area contributed by atoms with E-state index in [9.17, 15) is 18.0 Å². The predicted octanol–water partition coefficient (Wildman–Crippen LogP) is 9.77. The maximum atomic E-state index is 14.3. The summed E-state index contributed by atoms with van der Waals surface area (Å²) >= 11 is 0. The van der Waals surface area contributed by atoms with Crippen LogP contribution in [0, 0.1) is 5.92 Å². The summed E-state index contributed by atoms with van der Waals surface area (Å²) in [7, 11) is 0. The second-order valence-corrected chi connectivity index (χ2v) is 11.6. The number of nitrogens with one attached hydrogen (secondary N) is 2. The molecule has 2 N–H and O–H groups in total. The molecule has 0 aliphatic rings. The SMILES string of the molecule is CCC/C=C(NCC(C)CN(CCC)C(=O)CCCCC)/C(=C\N=C(C)Nc1ccc(C(C)CC)cc1CC)C(F)(F)F. The molecule has 0 radical (unpaired) electrons. The Morgan fingerprint density at radius 3 is 2.35 bits per heavy atom. The van der Waals surface area contributed by atoms with Crippen molar-refractivity contribution in [1.82, 2.24) is 10.2 Å². The Bertz CT molecular complexity index is 1060. The van der Waals surface area contributed by atoms with Gasteiger partial charge in [-0.3, -0.25) is 4.79 Å². The van der Waals surface area contributed by atoms with Crippen molar-refractivity contribution < 1.29 is 18.0 Å². The fourth-order valence-electron chi connectivity index (χ4n) is 4.82. The lowest BCUT2D eigenvalue weighted by Crippen LogP contribution is -2.38. The fraction of sp³-hybridized carbons (Fsp3) is 0.657. The number of benzene rings is 1. The van der Waals surface area contributed by atoms with E-state index in [1.807, 2.05) is 31.7 Å². The molecule has 8 heteroatoms. The van der Waals surface area contributed by atoms with E-state index in [1.165, 1.54) is 5.56 Å². The number of allylic oxidation sites excluding steroid dienone is 2. The van der Waals surface area contributed by atoms with Gasteiger partial charge in [0.1, 0.15) is 5.84 Å². The van der Waals surface area contributed by atoms with Crippen LogP contribution in [-0.4, -0.2) is 42.5 Å². The second kappa shape index (κ2) is 20.2. The first-order chi connectivity index (χ1) is 20.4. The highest BCUT2D eigenvalue weighted by molar-refractivity contribution is 5.94. The molecule has 0 aromatic heterocycles. The number of carbonyl (C=O) groups is 1. The molecule has 0 aliphatic heterocycles. The van der Waals surface area contributed by atoms with E-state index in [2.05, 4.69) is 55.5 Å². The summed E-state index contributed by atoms with van der Waals surface area (Å²) in [6.07, 6.45) is 5.29. The van der Waals surface area contributed by atoms with Gasteiger partial charge in [-0.25, -0.2) is 4.99 Å². The van der Waals surface area contributed by atoms with E-state index in [0.29, 0.717) is 44.2 Å². The van der Waals surface area contributed by atoms with Crippen molar-refractivity contribution >= 4 is 17.4 Å². The third-order valence-corrected chi connectivity index (χ3v) is 7.64. The number of aliphatic imine (C=N–C) groups is 1. The number of anilines is 1. The number of alkyl halides is 3. The van der Waals surface area contributed by atoms with E-state index in [1.54, 1.807) is 13.0 Å². The number of unbranched alkanes of at least 4 members (excludes halogenated alkanes) is 3. The van der Waals surface area contributed by atoms with Crippen molar-refractivity contribution in [3.63, 3.8) is 0 Å². The van der Waals surface area contributed by atoms with Crippen LogP contribution in [0.25, 0.3) is 0 Å². The summed E-state index contributed by atoms with van der Waals surface area (Å²) in [5.74, 6) is 0.917. The van der Waals surface area contributed by atoms with Crippen LogP contribution in [0.4, 0.5) is 18.9 Å². The van der Waals surface area contributed by atoms with Gasteiger partial charge in [-0.05, 0) is 68.1 Å². The van der Waals surface area contributed by atoms with Gasteiger partial charge in [0.05, 0.1) is 5.57 Å².